The molecule has 27 heavy (non-hydrogen) atoms. The van der Waals surface area contributed by atoms with Crippen molar-refractivity contribution in [2.75, 3.05) is 0 Å². The Kier molecular flexibility index (Phi) is 4.53. The van der Waals surface area contributed by atoms with Crippen molar-refractivity contribution in [1.82, 2.24) is 4.67 Å². The molecule has 4 atom stereocenters. The molecule has 0 radical (unpaired) electrons. The minimum atomic E-state index is -2.90. The van der Waals surface area contributed by atoms with E-state index in [0.29, 0.717) is 5.92 Å². The maximum absolute atomic E-state index is 14.9. The third-order valence-electron chi connectivity index (χ3n) is 5.59. The third kappa shape index (κ3) is 2.96. The summed E-state index contributed by atoms with van der Waals surface area (Å²) in [5.41, 5.74) is 0.998. The topological polar surface area (TPSA) is 20.3 Å². The molecule has 0 amide bonds. The average Bonchev–Trinajstić information content (AvgIpc) is 2.93. The lowest BCUT2D eigenvalue weighted by atomic mass is 9.86. The molecule has 1 aliphatic heterocycles. The van der Waals surface area contributed by atoms with Gasteiger partial charge in [-0.15, -0.1) is 0 Å². The molecule has 0 aromatic heterocycles. The van der Waals surface area contributed by atoms with Gasteiger partial charge in [-0.2, -0.15) is 0 Å². The molecule has 1 heterocycles. The molecule has 140 valence electrons. The first kappa shape index (κ1) is 18.5. The lowest BCUT2D eigenvalue weighted by molar-refractivity contribution is 0.189. The van der Waals surface area contributed by atoms with E-state index in [1.807, 2.05) is 36.4 Å². The van der Waals surface area contributed by atoms with Crippen molar-refractivity contribution in [1.29, 1.82) is 0 Å². The smallest absolute Gasteiger partial charge is 0.204 e. The Labute approximate surface area is 163 Å². The van der Waals surface area contributed by atoms with E-state index in [9.17, 15) is 4.57 Å². The molecule has 2 nitrogen and oxygen atoms in total. The number of benzene rings is 2. The minimum absolute atomic E-state index is 0.0761. The van der Waals surface area contributed by atoms with Gasteiger partial charge in [0.2, 0.25) is 7.29 Å². The molecule has 2 aliphatic rings. The fourth-order valence-electron chi connectivity index (χ4n) is 4.59. The lowest BCUT2D eigenvalue weighted by Gasteiger charge is -2.41. The van der Waals surface area contributed by atoms with Crippen LogP contribution < -0.4 is 5.30 Å². The highest BCUT2D eigenvalue weighted by Gasteiger charge is 2.57. The van der Waals surface area contributed by atoms with Gasteiger partial charge in [-0.25, -0.2) is 4.67 Å². The predicted octanol–water partition coefficient (Wildman–Crippen LogP) is 6.15. The Hall–Kier alpha value is -1.89. The molecule has 2 aromatic carbocycles. The molecule has 1 aliphatic carbocycles. The van der Waals surface area contributed by atoms with Crippen LogP contribution in [0.25, 0.3) is 0 Å². The molecule has 1 unspecified atom stereocenters. The van der Waals surface area contributed by atoms with E-state index >= 15 is 0 Å². The number of rotatable bonds is 2. The molecule has 0 saturated carbocycles. The van der Waals surface area contributed by atoms with Crippen molar-refractivity contribution in [3.05, 3.63) is 89.8 Å². The van der Waals surface area contributed by atoms with Crippen molar-refractivity contribution in [3.8, 4) is 0 Å². The second-order valence-corrected chi connectivity index (χ2v) is 11.3. The third-order valence-corrected chi connectivity index (χ3v) is 9.19. The van der Waals surface area contributed by atoms with Gasteiger partial charge < -0.3 is 0 Å². The largest absolute Gasteiger partial charge is 0.297 e. The molecule has 2 aromatic rings. The van der Waals surface area contributed by atoms with Gasteiger partial charge in [0, 0.05) is 22.1 Å². The van der Waals surface area contributed by atoms with Crippen LogP contribution in [0.4, 0.5) is 0 Å². The van der Waals surface area contributed by atoms with Crippen LogP contribution in [-0.2, 0) is 4.57 Å². The van der Waals surface area contributed by atoms with Crippen LogP contribution in [0.2, 0.25) is 0 Å². The highest BCUT2D eigenvalue weighted by molar-refractivity contribution is 7.73. The Morgan fingerprint density at radius 1 is 0.889 bits per heavy atom. The summed E-state index contributed by atoms with van der Waals surface area (Å²) in [6, 6.07) is 20.7. The van der Waals surface area contributed by atoms with E-state index in [-0.39, 0.29) is 17.5 Å². The van der Waals surface area contributed by atoms with Gasteiger partial charge >= 0.3 is 0 Å². The Balaban J connectivity index is 2.01. The molecular weight excluding hydrogens is 349 g/mol. The molecule has 1 fully saturated rings. The zero-order valence-electron chi connectivity index (χ0n) is 16.5. The van der Waals surface area contributed by atoms with E-state index < -0.39 is 7.29 Å². The predicted molar refractivity (Wildman–Crippen MR) is 114 cm³/mol. The normalized spacial score (nSPS) is 30.8. The minimum Gasteiger partial charge on any atom is -0.297 e. The molecule has 0 N–H and O–H groups in total. The summed E-state index contributed by atoms with van der Waals surface area (Å²) in [6.07, 6.45) is 6.80. The summed E-state index contributed by atoms with van der Waals surface area (Å²) in [7, 11) is -2.90. The van der Waals surface area contributed by atoms with E-state index in [2.05, 4.69) is 74.9 Å². The first-order chi connectivity index (χ1) is 12.8. The van der Waals surface area contributed by atoms with E-state index in [4.69, 9.17) is 0 Å². The summed E-state index contributed by atoms with van der Waals surface area (Å²) >= 11 is 0. The van der Waals surface area contributed by atoms with Crippen LogP contribution in [0.1, 0.15) is 39.3 Å². The Morgan fingerprint density at radius 2 is 1.48 bits per heavy atom. The quantitative estimate of drug-likeness (QED) is 0.462. The maximum Gasteiger partial charge on any atom is 0.204 e. The summed E-state index contributed by atoms with van der Waals surface area (Å²) in [5.74, 6) is 0.457. The zero-order valence-corrected chi connectivity index (χ0v) is 17.4. The van der Waals surface area contributed by atoms with Crippen LogP contribution in [0.3, 0.4) is 0 Å². The van der Waals surface area contributed by atoms with Gasteiger partial charge in [0.25, 0.3) is 0 Å². The first-order valence-corrected chi connectivity index (χ1v) is 11.4. The van der Waals surface area contributed by atoms with E-state index in [1.54, 1.807) is 0 Å². The lowest BCUT2D eigenvalue weighted by Crippen LogP contribution is -2.41. The van der Waals surface area contributed by atoms with E-state index in [1.165, 1.54) is 5.56 Å². The SMILES string of the molecule is C[C@@H]1C=C[C@H]2C(=C1)P(=O)(c1ccccc1)N(C(C)(C)C)[C@@H]2c1ccccc1. The molecule has 1 saturated heterocycles. The van der Waals surface area contributed by atoms with Crippen molar-refractivity contribution in [3.63, 3.8) is 0 Å². The van der Waals surface area contributed by atoms with Crippen molar-refractivity contribution >= 4 is 12.6 Å². The molecule has 3 heteroatoms. The molecular formula is C24H28NOP. The summed E-state index contributed by atoms with van der Waals surface area (Å²) in [5, 5.41) is 2.05. The van der Waals surface area contributed by atoms with Crippen LogP contribution in [0, 0.1) is 11.8 Å². The summed E-state index contributed by atoms with van der Waals surface area (Å²) in [6.45, 7) is 8.73. The molecule has 0 bridgehead atoms. The highest BCUT2D eigenvalue weighted by Crippen LogP contribution is 2.73. The van der Waals surface area contributed by atoms with Gasteiger partial charge in [-0.1, -0.05) is 73.7 Å². The fraction of sp³-hybridized carbons (Fsp3) is 0.333. The maximum atomic E-state index is 14.9. The van der Waals surface area contributed by atoms with Gasteiger partial charge in [0.1, 0.15) is 0 Å². The van der Waals surface area contributed by atoms with Crippen LogP contribution >= 0.6 is 7.29 Å². The van der Waals surface area contributed by atoms with Crippen LogP contribution in [-0.4, -0.2) is 10.2 Å². The first-order valence-electron chi connectivity index (χ1n) is 9.74. The zero-order chi connectivity index (χ0) is 19.2. The monoisotopic (exact) mass is 377 g/mol. The molecule has 4 rings (SSSR count). The number of hydrogen-bond donors (Lipinski definition) is 0. The van der Waals surface area contributed by atoms with Crippen LogP contribution in [0.15, 0.2) is 84.2 Å². The Bertz CT molecular complexity index is 924. The van der Waals surface area contributed by atoms with E-state index in [0.717, 1.165) is 10.6 Å². The average molecular weight is 377 g/mol. The number of fused-ring (bicyclic) bond motifs is 1. The number of allylic oxidation sites excluding steroid dienone is 2. The molecule has 0 spiro atoms. The van der Waals surface area contributed by atoms with Crippen molar-refractivity contribution in [2.45, 2.75) is 39.3 Å². The van der Waals surface area contributed by atoms with Gasteiger partial charge in [0.05, 0.1) is 6.04 Å². The van der Waals surface area contributed by atoms with Crippen molar-refractivity contribution in [2.24, 2.45) is 11.8 Å². The number of nitrogens with zero attached hydrogens (tertiary/aromatic N) is 1. The van der Waals surface area contributed by atoms with Gasteiger partial charge in [0.15, 0.2) is 0 Å². The van der Waals surface area contributed by atoms with Gasteiger partial charge in [-0.05, 0) is 44.4 Å². The summed E-state index contributed by atoms with van der Waals surface area (Å²) in [4.78, 5) is 0. The van der Waals surface area contributed by atoms with Crippen LogP contribution in [0.5, 0.6) is 0 Å². The van der Waals surface area contributed by atoms with Gasteiger partial charge in [-0.3, -0.25) is 4.57 Å². The summed E-state index contributed by atoms with van der Waals surface area (Å²) < 4.78 is 17.2. The highest BCUT2D eigenvalue weighted by atomic mass is 31.2. The second-order valence-electron chi connectivity index (χ2n) is 8.64. The number of hydrogen-bond acceptors (Lipinski definition) is 1. The fourth-order valence-corrected chi connectivity index (χ4v) is 8.51. The second kappa shape index (κ2) is 6.62. The standard InChI is InChI=1S/C24H28NOP/c1-18-15-16-21-22(17-18)27(26,20-13-9-6-10-14-20)25(24(2,3)4)23(21)19-11-7-5-8-12-19/h5-18,21,23H,1-4H3/t18-,21+,23-,27?/m1/s1. The Morgan fingerprint density at radius 3 is 2.07 bits per heavy atom. The van der Waals surface area contributed by atoms with Crippen molar-refractivity contribution < 1.29 is 4.57 Å².